The van der Waals surface area contributed by atoms with Crippen LogP contribution in [-0.4, -0.2) is 32.2 Å². The van der Waals surface area contributed by atoms with E-state index in [4.69, 9.17) is 14.2 Å². The predicted octanol–water partition coefficient (Wildman–Crippen LogP) is 3.83. The molecule has 0 unspecified atom stereocenters. The van der Waals surface area contributed by atoms with Gasteiger partial charge in [-0.1, -0.05) is 0 Å². The van der Waals surface area contributed by atoms with Crippen LogP contribution in [0.2, 0.25) is 0 Å². The Hall–Kier alpha value is -2.54. The number of anilines is 1. The predicted molar refractivity (Wildman–Crippen MR) is 104 cm³/mol. The highest BCUT2D eigenvalue weighted by Gasteiger charge is 2.26. The Morgan fingerprint density at radius 1 is 1.07 bits per heavy atom. The molecule has 0 radical (unpaired) electrons. The van der Waals surface area contributed by atoms with Crippen molar-refractivity contribution in [3.8, 4) is 11.5 Å². The summed E-state index contributed by atoms with van der Waals surface area (Å²) in [6.07, 6.45) is 3.92. The summed E-state index contributed by atoms with van der Waals surface area (Å²) in [4.78, 5) is 25.7. The van der Waals surface area contributed by atoms with E-state index in [0.717, 1.165) is 41.9 Å². The average Bonchev–Trinajstić information content (AvgIpc) is 3.05. The fraction of sp³-hybridized carbons (Fsp3) is 0.400. The van der Waals surface area contributed by atoms with Gasteiger partial charge in [-0.3, -0.25) is 4.79 Å². The molecule has 1 amide bonds. The molecule has 27 heavy (non-hydrogen) atoms. The molecule has 1 aromatic carbocycles. The number of amides is 1. The van der Waals surface area contributed by atoms with Crippen LogP contribution >= 0.6 is 11.3 Å². The second kappa shape index (κ2) is 8.90. The lowest BCUT2D eigenvalue weighted by molar-refractivity contribution is -0.118. The van der Waals surface area contributed by atoms with E-state index < -0.39 is 5.97 Å². The number of esters is 1. The van der Waals surface area contributed by atoms with Crippen LogP contribution in [0.3, 0.4) is 0 Å². The first-order valence-electron chi connectivity index (χ1n) is 9.00. The van der Waals surface area contributed by atoms with Crippen molar-refractivity contribution >= 4 is 28.2 Å². The molecule has 6 nitrogen and oxygen atoms in total. The molecule has 0 aliphatic heterocycles. The second-order valence-corrected chi connectivity index (χ2v) is 7.25. The van der Waals surface area contributed by atoms with E-state index in [1.165, 1.54) is 18.4 Å². The molecule has 0 bridgehead atoms. The third-order valence-electron chi connectivity index (χ3n) is 4.32. The molecule has 1 heterocycles. The highest BCUT2D eigenvalue weighted by Crippen LogP contribution is 2.38. The number of carbonyl (C=O) groups is 2. The van der Waals surface area contributed by atoms with E-state index in [1.54, 1.807) is 24.3 Å². The summed E-state index contributed by atoms with van der Waals surface area (Å²) in [6, 6.07) is 7.09. The zero-order chi connectivity index (χ0) is 19.2. The minimum Gasteiger partial charge on any atom is -0.494 e. The molecule has 0 fully saturated rings. The molecule has 7 heteroatoms. The molecule has 1 aliphatic carbocycles. The van der Waals surface area contributed by atoms with E-state index in [2.05, 4.69) is 5.32 Å². The molecule has 144 valence electrons. The first-order valence-corrected chi connectivity index (χ1v) is 9.82. The number of ether oxygens (including phenoxy) is 3. The summed E-state index contributed by atoms with van der Waals surface area (Å²) in [7, 11) is 1.36. The number of methoxy groups -OCH3 is 1. The first-order chi connectivity index (χ1) is 13.1. The first kappa shape index (κ1) is 19.2. The van der Waals surface area contributed by atoms with E-state index >= 15 is 0 Å². The normalized spacial score (nSPS) is 12.8. The highest BCUT2D eigenvalue weighted by molar-refractivity contribution is 7.17. The third kappa shape index (κ3) is 4.60. The van der Waals surface area contributed by atoms with Crippen molar-refractivity contribution in [1.82, 2.24) is 0 Å². The minimum absolute atomic E-state index is 0.142. The van der Waals surface area contributed by atoms with Gasteiger partial charge in [0.2, 0.25) is 0 Å². The molecular weight excluding hydrogens is 366 g/mol. The van der Waals surface area contributed by atoms with E-state index in [1.807, 2.05) is 6.92 Å². The van der Waals surface area contributed by atoms with Crippen molar-refractivity contribution in [2.45, 2.75) is 32.6 Å². The van der Waals surface area contributed by atoms with Gasteiger partial charge < -0.3 is 19.5 Å². The van der Waals surface area contributed by atoms with Gasteiger partial charge in [0.1, 0.15) is 16.5 Å². The van der Waals surface area contributed by atoms with Crippen molar-refractivity contribution in [2.24, 2.45) is 0 Å². The van der Waals surface area contributed by atoms with Gasteiger partial charge in [-0.15, -0.1) is 11.3 Å². The van der Waals surface area contributed by atoms with Gasteiger partial charge in [0.15, 0.2) is 6.61 Å². The molecule has 1 aromatic heterocycles. The van der Waals surface area contributed by atoms with Crippen LogP contribution in [0.5, 0.6) is 11.5 Å². The maximum atomic E-state index is 12.3. The number of rotatable bonds is 7. The fourth-order valence-electron chi connectivity index (χ4n) is 3.08. The molecule has 3 rings (SSSR count). The molecule has 1 N–H and O–H groups in total. The van der Waals surface area contributed by atoms with Crippen LogP contribution in [0.1, 0.15) is 40.6 Å². The number of thiophene rings is 1. The van der Waals surface area contributed by atoms with Gasteiger partial charge in [0.25, 0.3) is 5.91 Å². The third-order valence-corrected chi connectivity index (χ3v) is 5.53. The zero-order valence-corrected chi connectivity index (χ0v) is 16.3. The zero-order valence-electron chi connectivity index (χ0n) is 15.5. The maximum Gasteiger partial charge on any atom is 0.341 e. The van der Waals surface area contributed by atoms with E-state index in [9.17, 15) is 9.59 Å². The number of nitrogens with one attached hydrogen (secondary N) is 1. The molecule has 0 saturated carbocycles. The maximum absolute atomic E-state index is 12.3. The van der Waals surface area contributed by atoms with Gasteiger partial charge in [0.05, 0.1) is 19.3 Å². The Morgan fingerprint density at radius 3 is 2.41 bits per heavy atom. The topological polar surface area (TPSA) is 73.9 Å². The Balaban J connectivity index is 1.65. The van der Waals surface area contributed by atoms with Crippen LogP contribution in [0, 0.1) is 0 Å². The number of aryl methyl sites for hydroxylation is 1. The van der Waals surface area contributed by atoms with Crippen LogP contribution in [-0.2, 0) is 22.4 Å². The summed E-state index contributed by atoms with van der Waals surface area (Å²) >= 11 is 1.46. The van der Waals surface area contributed by atoms with Crippen LogP contribution in [0.15, 0.2) is 24.3 Å². The van der Waals surface area contributed by atoms with Crippen molar-refractivity contribution in [3.63, 3.8) is 0 Å². The van der Waals surface area contributed by atoms with Crippen LogP contribution in [0.4, 0.5) is 5.00 Å². The lowest BCUT2D eigenvalue weighted by Crippen LogP contribution is -2.21. The van der Waals surface area contributed by atoms with Crippen molar-refractivity contribution in [3.05, 3.63) is 40.3 Å². The lowest BCUT2D eigenvalue weighted by atomic mass is 9.95. The molecule has 0 spiro atoms. The summed E-state index contributed by atoms with van der Waals surface area (Å²) in [5, 5.41) is 3.36. The Kier molecular flexibility index (Phi) is 6.34. The molecular formula is C20H23NO5S. The monoisotopic (exact) mass is 389 g/mol. The van der Waals surface area contributed by atoms with Gasteiger partial charge in [-0.2, -0.15) is 0 Å². The summed E-state index contributed by atoms with van der Waals surface area (Å²) in [6.45, 7) is 2.37. The second-order valence-electron chi connectivity index (χ2n) is 6.15. The Morgan fingerprint density at radius 2 is 1.74 bits per heavy atom. The molecule has 1 aliphatic rings. The van der Waals surface area contributed by atoms with Gasteiger partial charge in [-0.05, 0) is 62.4 Å². The van der Waals surface area contributed by atoms with Crippen molar-refractivity contribution < 1.29 is 23.8 Å². The summed E-state index contributed by atoms with van der Waals surface area (Å²) in [5.74, 6) is 0.609. The van der Waals surface area contributed by atoms with Gasteiger partial charge in [-0.25, -0.2) is 4.79 Å². The minimum atomic E-state index is -0.405. The SMILES string of the molecule is CCOc1ccc(OCC(=O)Nc2sc3c(c2C(=O)OC)CCCC3)cc1. The summed E-state index contributed by atoms with van der Waals surface area (Å²) in [5.41, 5.74) is 1.51. The quantitative estimate of drug-likeness (QED) is 0.729. The van der Waals surface area contributed by atoms with Gasteiger partial charge >= 0.3 is 5.97 Å². The summed E-state index contributed by atoms with van der Waals surface area (Å²) < 4.78 is 15.8. The number of hydrogen-bond donors (Lipinski definition) is 1. The number of benzene rings is 1. The van der Waals surface area contributed by atoms with Crippen molar-refractivity contribution in [2.75, 3.05) is 25.6 Å². The number of fused-ring (bicyclic) bond motifs is 1. The highest BCUT2D eigenvalue weighted by atomic mass is 32.1. The number of hydrogen-bond acceptors (Lipinski definition) is 6. The fourth-order valence-corrected chi connectivity index (χ4v) is 4.38. The van der Waals surface area contributed by atoms with E-state index in [-0.39, 0.29) is 12.5 Å². The van der Waals surface area contributed by atoms with Crippen molar-refractivity contribution in [1.29, 1.82) is 0 Å². The Labute approximate surface area is 162 Å². The standard InChI is InChI=1S/C20H23NO5S/c1-3-25-13-8-10-14(11-9-13)26-12-17(22)21-19-18(20(23)24-2)15-6-4-5-7-16(15)27-19/h8-11H,3-7,12H2,1-2H3,(H,21,22). The van der Waals surface area contributed by atoms with E-state index in [0.29, 0.717) is 22.9 Å². The number of carbonyl (C=O) groups excluding carboxylic acids is 2. The average molecular weight is 389 g/mol. The molecule has 2 aromatic rings. The molecule has 0 saturated heterocycles. The molecule has 0 atom stereocenters. The lowest BCUT2D eigenvalue weighted by Gasteiger charge is -2.12. The van der Waals surface area contributed by atoms with Crippen LogP contribution < -0.4 is 14.8 Å². The largest absolute Gasteiger partial charge is 0.494 e. The smallest absolute Gasteiger partial charge is 0.341 e. The Bertz CT molecular complexity index is 813. The van der Waals surface area contributed by atoms with Crippen LogP contribution in [0.25, 0.3) is 0 Å². The van der Waals surface area contributed by atoms with Gasteiger partial charge in [0, 0.05) is 4.88 Å².